The van der Waals surface area contributed by atoms with E-state index in [0.717, 1.165) is 24.0 Å². The van der Waals surface area contributed by atoms with Crippen LogP contribution in [0.5, 0.6) is 0 Å². The first-order valence-corrected chi connectivity index (χ1v) is 10.9. The van der Waals surface area contributed by atoms with E-state index < -0.39 is 0 Å². The Labute approximate surface area is 166 Å². The highest BCUT2D eigenvalue weighted by Gasteiger charge is 2.42. The van der Waals surface area contributed by atoms with Gasteiger partial charge < -0.3 is 10.1 Å². The van der Waals surface area contributed by atoms with Crippen LogP contribution in [0.1, 0.15) is 84.7 Å². The molecule has 3 atom stereocenters. The predicted octanol–water partition coefficient (Wildman–Crippen LogP) is 5.76. The number of quaternary nitrogens is 1. The van der Waals surface area contributed by atoms with E-state index in [9.17, 15) is 0 Å². The zero-order valence-electron chi connectivity index (χ0n) is 17.5. The van der Waals surface area contributed by atoms with E-state index in [4.69, 9.17) is 16.3 Å². The van der Waals surface area contributed by atoms with Crippen molar-refractivity contribution in [2.45, 2.75) is 84.8 Å². The summed E-state index contributed by atoms with van der Waals surface area (Å²) in [6.45, 7) is 13.7. The van der Waals surface area contributed by atoms with Crippen LogP contribution in [0.2, 0.25) is 5.02 Å². The van der Waals surface area contributed by atoms with E-state index in [2.05, 4.69) is 52.1 Å². The van der Waals surface area contributed by atoms with Gasteiger partial charge in [-0.15, -0.1) is 0 Å². The molecule has 1 aromatic carbocycles. The molecule has 0 aromatic heterocycles. The van der Waals surface area contributed by atoms with Gasteiger partial charge in [-0.3, -0.25) is 0 Å². The highest BCUT2D eigenvalue weighted by atomic mass is 35.5. The van der Waals surface area contributed by atoms with Crippen LogP contribution < -0.4 is 5.32 Å². The molecule has 2 rings (SSSR count). The monoisotopic (exact) mass is 380 g/mol. The maximum atomic E-state index is 6.16. The first kappa shape index (κ1) is 21.7. The second kappa shape index (κ2) is 9.57. The Balaban J connectivity index is 1.96. The molecule has 1 aliphatic heterocycles. The summed E-state index contributed by atoms with van der Waals surface area (Å²) in [5, 5.41) is 3.31. The Morgan fingerprint density at radius 2 is 1.85 bits per heavy atom. The van der Waals surface area contributed by atoms with Crippen LogP contribution in [0.3, 0.4) is 0 Å². The third-order valence-corrected chi connectivity index (χ3v) is 6.67. The zero-order chi connectivity index (χ0) is 19.2. The lowest BCUT2D eigenvalue weighted by Gasteiger charge is -2.46. The summed E-state index contributed by atoms with van der Waals surface area (Å²) in [6, 6.07) is 8.78. The quantitative estimate of drug-likeness (QED) is 0.579. The van der Waals surface area contributed by atoms with Gasteiger partial charge in [-0.2, -0.15) is 0 Å². The summed E-state index contributed by atoms with van der Waals surface area (Å²) in [5.41, 5.74) is 1.87. The summed E-state index contributed by atoms with van der Waals surface area (Å²) < 4.78 is 6.16. The fraction of sp³-hybridized carbons (Fsp3) is 0.739. The molecule has 1 fully saturated rings. The number of rotatable bonds is 9. The van der Waals surface area contributed by atoms with Crippen molar-refractivity contribution < 1.29 is 10.1 Å². The highest BCUT2D eigenvalue weighted by molar-refractivity contribution is 6.30. The summed E-state index contributed by atoms with van der Waals surface area (Å²) in [5.74, 6) is 0.777. The van der Waals surface area contributed by atoms with Gasteiger partial charge in [-0.1, -0.05) is 50.9 Å². The summed E-state index contributed by atoms with van der Waals surface area (Å²) in [7, 11) is 0. The largest absolute Gasteiger partial charge is 0.375 e. The fourth-order valence-corrected chi connectivity index (χ4v) is 4.49. The second-order valence-electron chi connectivity index (χ2n) is 9.13. The van der Waals surface area contributed by atoms with Crippen molar-refractivity contribution in [1.82, 2.24) is 0 Å². The van der Waals surface area contributed by atoms with Gasteiger partial charge in [0.05, 0.1) is 12.1 Å². The molecule has 1 aromatic rings. The molecular formula is C23H39ClNO+. The van der Waals surface area contributed by atoms with Crippen LogP contribution in [0.15, 0.2) is 24.3 Å². The third kappa shape index (κ3) is 6.25. The van der Waals surface area contributed by atoms with Gasteiger partial charge in [0.2, 0.25) is 0 Å². The third-order valence-electron chi connectivity index (χ3n) is 6.42. The number of benzene rings is 1. The molecule has 0 radical (unpaired) electrons. The van der Waals surface area contributed by atoms with Crippen molar-refractivity contribution in [3.8, 4) is 0 Å². The van der Waals surface area contributed by atoms with Crippen molar-refractivity contribution in [1.29, 1.82) is 0 Å². The van der Waals surface area contributed by atoms with Crippen molar-refractivity contribution in [2.75, 3.05) is 13.2 Å². The molecule has 3 heteroatoms. The average molecular weight is 381 g/mol. The summed E-state index contributed by atoms with van der Waals surface area (Å²) in [4.78, 5) is 0. The van der Waals surface area contributed by atoms with Gasteiger partial charge in [0, 0.05) is 23.6 Å². The molecular weight excluding hydrogens is 342 g/mol. The van der Waals surface area contributed by atoms with Crippen LogP contribution in [-0.2, 0) is 4.74 Å². The topological polar surface area (TPSA) is 25.8 Å². The number of ether oxygens (including phenoxy) is 1. The lowest BCUT2D eigenvalue weighted by atomic mass is 9.67. The lowest BCUT2D eigenvalue weighted by Crippen LogP contribution is -2.85. The average Bonchev–Trinajstić information content (AvgIpc) is 2.61. The lowest BCUT2D eigenvalue weighted by molar-refractivity contribution is -0.694. The molecule has 0 spiro atoms. The molecule has 2 N–H and O–H groups in total. The first-order valence-electron chi connectivity index (χ1n) is 10.5. The van der Waals surface area contributed by atoms with Crippen molar-refractivity contribution in [2.24, 2.45) is 11.3 Å². The minimum atomic E-state index is 0.0665. The molecule has 0 aliphatic carbocycles. The zero-order valence-corrected chi connectivity index (χ0v) is 18.2. The molecule has 148 valence electrons. The Hall–Kier alpha value is -0.570. The second-order valence-corrected chi connectivity index (χ2v) is 9.56. The van der Waals surface area contributed by atoms with Crippen LogP contribution in [-0.4, -0.2) is 18.8 Å². The smallest absolute Gasteiger partial charge is 0.109 e. The maximum Gasteiger partial charge on any atom is 0.109 e. The molecule has 0 unspecified atom stereocenters. The SMILES string of the molecule is CC[C@@]1(C)C[C@](CC[NH2+][C@@H](C)c2ccc(Cl)cc2)(CCC(C)C)CCO1. The standard InChI is InChI=1S/C23H38ClNO/c1-6-22(5)17-23(14-16-26-22,12-11-18(2)3)13-15-25-19(4)20-7-9-21(24)10-8-20/h7-10,18-19,25H,6,11-17H2,1-5H3/p+1/t19-,22-,23-/m0/s1. The van der Waals surface area contributed by atoms with Crippen LogP contribution in [0.25, 0.3) is 0 Å². The van der Waals surface area contributed by atoms with Gasteiger partial charge in [0.25, 0.3) is 0 Å². The molecule has 0 amide bonds. The summed E-state index contributed by atoms with van der Waals surface area (Å²) >= 11 is 6.02. The Morgan fingerprint density at radius 3 is 2.46 bits per heavy atom. The number of halogens is 1. The fourth-order valence-electron chi connectivity index (χ4n) is 4.36. The van der Waals surface area contributed by atoms with E-state index in [1.165, 1.54) is 44.2 Å². The predicted molar refractivity (Wildman–Crippen MR) is 112 cm³/mol. The number of hydrogen-bond donors (Lipinski definition) is 1. The minimum Gasteiger partial charge on any atom is -0.375 e. The number of nitrogens with two attached hydrogens (primary N) is 1. The van der Waals surface area contributed by atoms with Crippen molar-refractivity contribution >= 4 is 11.6 Å². The first-order chi connectivity index (χ1) is 12.3. The maximum absolute atomic E-state index is 6.16. The molecule has 0 bridgehead atoms. The van der Waals surface area contributed by atoms with Gasteiger partial charge >= 0.3 is 0 Å². The van der Waals surface area contributed by atoms with Crippen LogP contribution in [0.4, 0.5) is 0 Å². The molecule has 1 saturated heterocycles. The van der Waals surface area contributed by atoms with Gasteiger partial charge in [-0.25, -0.2) is 0 Å². The van der Waals surface area contributed by atoms with E-state index in [0.29, 0.717) is 11.5 Å². The van der Waals surface area contributed by atoms with Gasteiger partial charge in [0.1, 0.15) is 6.04 Å². The Morgan fingerprint density at radius 1 is 1.15 bits per heavy atom. The number of hydrogen-bond acceptors (Lipinski definition) is 1. The highest BCUT2D eigenvalue weighted by Crippen LogP contribution is 2.46. The molecule has 0 saturated carbocycles. The Bertz CT molecular complexity index is 544. The summed E-state index contributed by atoms with van der Waals surface area (Å²) in [6.07, 6.45) is 7.50. The molecule has 2 nitrogen and oxygen atoms in total. The Kier molecular flexibility index (Phi) is 8.00. The van der Waals surface area contributed by atoms with Crippen molar-refractivity contribution in [3.05, 3.63) is 34.9 Å². The normalized spacial score (nSPS) is 27.7. The van der Waals surface area contributed by atoms with Gasteiger partial charge in [0.15, 0.2) is 0 Å². The van der Waals surface area contributed by atoms with E-state index >= 15 is 0 Å². The van der Waals surface area contributed by atoms with E-state index in [1.54, 1.807) is 0 Å². The molecule has 1 heterocycles. The van der Waals surface area contributed by atoms with Crippen LogP contribution in [0, 0.1) is 11.3 Å². The van der Waals surface area contributed by atoms with Crippen LogP contribution >= 0.6 is 11.6 Å². The minimum absolute atomic E-state index is 0.0665. The molecule has 26 heavy (non-hydrogen) atoms. The van der Waals surface area contributed by atoms with Gasteiger partial charge in [-0.05, 0) is 63.0 Å². The van der Waals surface area contributed by atoms with E-state index in [1.807, 2.05) is 12.1 Å². The molecule has 1 aliphatic rings. The van der Waals surface area contributed by atoms with Crippen molar-refractivity contribution in [3.63, 3.8) is 0 Å². The van der Waals surface area contributed by atoms with E-state index in [-0.39, 0.29) is 5.60 Å².